The molecule has 1 fully saturated rings. The predicted octanol–water partition coefficient (Wildman–Crippen LogP) is 2.90. The SMILES string of the molecule is Nc1ccc(-c2cc3c(N4CCOCC4)ncnc3n2SF)cc1. The molecular formula is C16H16FN5OS. The Kier molecular flexibility index (Phi) is 3.99. The summed E-state index contributed by atoms with van der Waals surface area (Å²) in [5.74, 6) is 0.813. The smallest absolute Gasteiger partial charge is 0.171 e. The first-order valence-electron chi connectivity index (χ1n) is 7.62. The van der Waals surface area contributed by atoms with Crippen molar-refractivity contribution in [3.05, 3.63) is 36.7 Å². The zero-order valence-corrected chi connectivity index (χ0v) is 13.7. The maximum atomic E-state index is 13.6. The second-order valence-electron chi connectivity index (χ2n) is 5.55. The zero-order valence-electron chi connectivity index (χ0n) is 12.9. The quantitative estimate of drug-likeness (QED) is 0.736. The van der Waals surface area contributed by atoms with E-state index in [9.17, 15) is 3.89 Å². The second kappa shape index (κ2) is 6.29. The van der Waals surface area contributed by atoms with Gasteiger partial charge in [-0.2, -0.15) is 0 Å². The lowest BCUT2D eigenvalue weighted by Gasteiger charge is -2.28. The fraction of sp³-hybridized carbons (Fsp3) is 0.250. The summed E-state index contributed by atoms with van der Waals surface area (Å²) in [6, 6.07) is 9.28. The second-order valence-corrected chi connectivity index (χ2v) is 6.05. The number of nitrogens with two attached hydrogens (primary N) is 1. The Balaban J connectivity index is 1.87. The minimum absolute atomic E-state index is 0.138. The Bertz CT molecular complexity index is 861. The fourth-order valence-electron chi connectivity index (χ4n) is 2.93. The minimum Gasteiger partial charge on any atom is -0.399 e. The number of nitrogens with zero attached hydrogens (tertiary/aromatic N) is 4. The standard InChI is InChI=1S/C16H16FN5OS/c17-24-22-14(11-1-3-12(18)4-2-11)9-13-15(19-10-20-16(13)22)21-5-7-23-8-6-21/h1-4,9-10H,5-8,18H2. The van der Waals surface area contributed by atoms with E-state index in [1.807, 2.05) is 18.2 Å². The first-order valence-corrected chi connectivity index (χ1v) is 8.29. The van der Waals surface area contributed by atoms with Gasteiger partial charge in [0.2, 0.25) is 0 Å². The predicted molar refractivity (Wildman–Crippen MR) is 94.5 cm³/mol. The number of anilines is 2. The van der Waals surface area contributed by atoms with Crippen LogP contribution in [0.4, 0.5) is 15.4 Å². The Morgan fingerprint density at radius 3 is 2.58 bits per heavy atom. The summed E-state index contributed by atoms with van der Waals surface area (Å²) in [4.78, 5) is 10.8. The van der Waals surface area contributed by atoms with Gasteiger partial charge in [0.25, 0.3) is 0 Å². The zero-order chi connectivity index (χ0) is 16.5. The van der Waals surface area contributed by atoms with Crippen LogP contribution < -0.4 is 10.6 Å². The van der Waals surface area contributed by atoms with Crippen molar-refractivity contribution in [1.29, 1.82) is 0 Å². The van der Waals surface area contributed by atoms with Crippen molar-refractivity contribution in [2.75, 3.05) is 36.9 Å². The molecule has 0 unspecified atom stereocenters. The number of nitrogen functional groups attached to an aromatic ring is 1. The van der Waals surface area contributed by atoms with Crippen molar-refractivity contribution in [3.8, 4) is 11.3 Å². The number of hydrogen-bond acceptors (Lipinski definition) is 6. The molecule has 0 amide bonds. The van der Waals surface area contributed by atoms with Gasteiger partial charge in [0.05, 0.1) is 24.3 Å². The molecule has 0 aliphatic carbocycles. The van der Waals surface area contributed by atoms with Gasteiger partial charge in [0.15, 0.2) is 18.0 Å². The summed E-state index contributed by atoms with van der Waals surface area (Å²) in [5, 5.41) is 0.830. The van der Waals surface area contributed by atoms with Crippen molar-refractivity contribution in [2.24, 2.45) is 0 Å². The van der Waals surface area contributed by atoms with Gasteiger partial charge in [-0.3, -0.25) is 0 Å². The number of morpholine rings is 1. The Morgan fingerprint density at radius 2 is 1.88 bits per heavy atom. The number of halogens is 1. The number of ether oxygens (including phenoxy) is 1. The lowest BCUT2D eigenvalue weighted by Crippen LogP contribution is -2.36. The molecule has 0 atom stereocenters. The molecule has 4 rings (SSSR count). The summed E-state index contributed by atoms with van der Waals surface area (Å²) in [5.41, 5.74) is 8.58. The summed E-state index contributed by atoms with van der Waals surface area (Å²) in [7, 11) is 0. The van der Waals surface area contributed by atoms with Crippen LogP contribution in [0.15, 0.2) is 36.7 Å². The number of hydrogen-bond donors (Lipinski definition) is 1. The average molecular weight is 345 g/mol. The van der Waals surface area contributed by atoms with Gasteiger partial charge >= 0.3 is 0 Å². The first-order chi connectivity index (χ1) is 11.8. The van der Waals surface area contributed by atoms with Crippen LogP contribution >= 0.6 is 12.3 Å². The number of aromatic nitrogens is 3. The normalized spacial score (nSPS) is 15.1. The molecule has 2 aromatic heterocycles. The highest BCUT2D eigenvalue weighted by atomic mass is 32.2. The number of fused-ring (bicyclic) bond motifs is 1. The van der Waals surface area contributed by atoms with Gasteiger partial charge < -0.3 is 15.4 Å². The Labute approximate surface area is 142 Å². The molecule has 3 heterocycles. The van der Waals surface area contributed by atoms with E-state index >= 15 is 0 Å². The molecule has 124 valence electrons. The van der Waals surface area contributed by atoms with Crippen LogP contribution in [0.25, 0.3) is 22.3 Å². The molecule has 1 aliphatic rings. The Hall–Kier alpha value is -2.32. The van der Waals surface area contributed by atoms with Gasteiger partial charge in [0, 0.05) is 18.8 Å². The van der Waals surface area contributed by atoms with Crippen LogP contribution in [0, 0.1) is 0 Å². The van der Waals surface area contributed by atoms with Gasteiger partial charge in [0.1, 0.15) is 12.1 Å². The third-order valence-corrected chi connectivity index (χ3v) is 4.63. The maximum Gasteiger partial charge on any atom is 0.171 e. The van der Waals surface area contributed by atoms with E-state index < -0.39 is 0 Å². The Morgan fingerprint density at radius 1 is 1.12 bits per heavy atom. The third-order valence-electron chi connectivity index (χ3n) is 4.12. The van der Waals surface area contributed by atoms with Gasteiger partial charge in [-0.15, -0.1) is 3.89 Å². The molecule has 6 nitrogen and oxygen atoms in total. The molecule has 2 N–H and O–H groups in total. The van der Waals surface area contributed by atoms with Crippen LogP contribution in [0.2, 0.25) is 0 Å². The van der Waals surface area contributed by atoms with E-state index in [2.05, 4.69) is 14.9 Å². The monoisotopic (exact) mass is 345 g/mol. The van der Waals surface area contributed by atoms with Crippen molar-refractivity contribution in [3.63, 3.8) is 0 Å². The average Bonchev–Trinajstić information content (AvgIpc) is 3.01. The largest absolute Gasteiger partial charge is 0.399 e. The number of benzene rings is 1. The number of rotatable bonds is 3. The topological polar surface area (TPSA) is 69.2 Å². The fourth-order valence-corrected chi connectivity index (χ4v) is 3.37. The van der Waals surface area contributed by atoms with E-state index in [1.54, 1.807) is 12.1 Å². The summed E-state index contributed by atoms with van der Waals surface area (Å²) >= 11 is 0.138. The molecular weight excluding hydrogens is 329 g/mol. The highest BCUT2D eigenvalue weighted by Crippen LogP contribution is 2.35. The molecule has 0 radical (unpaired) electrons. The van der Waals surface area contributed by atoms with Gasteiger partial charge in [-0.1, -0.05) is 12.1 Å². The summed E-state index contributed by atoms with van der Waals surface area (Å²) in [6.07, 6.45) is 1.48. The van der Waals surface area contributed by atoms with Crippen molar-refractivity contribution in [1.82, 2.24) is 13.9 Å². The third kappa shape index (κ3) is 2.57. The van der Waals surface area contributed by atoms with Crippen LogP contribution in [0.3, 0.4) is 0 Å². The van der Waals surface area contributed by atoms with Crippen LogP contribution in [-0.2, 0) is 4.74 Å². The van der Waals surface area contributed by atoms with Crippen LogP contribution in [0.1, 0.15) is 0 Å². The molecule has 1 aromatic carbocycles. The molecule has 0 saturated carbocycles. The van der Waals surface area contributed by atoms with E-state index in [1.165, 1.54) is 10.3 Å². The van der Waals surface area contributed by atoms with E-state index in [4.69, 9.17) is 10.5 Å². The maximum absolute atomic E-state index is 13.6. The molecule has 1 aliphatic heterocycles. The lowest BCUT2D eigenvalue weighted by atomic mass is 10.1. The highest BCUT2D eigenvalue weighted by Gasteiger charge is 2.20. The lowest BCUT2D eigenvalue weighted by molar-refractivity contribution is 0.122. The van der Waals surface area contributed by atoms with Crippen LogP contribution in [-0.4, -0.2) is 40.2 Å². The van der Waals surface area contributed by atoms with Gasteiger partial charge in [-0.05, 0) is 23.8 Å². The molecule has 3 aromatic rings. The van der Waals surface area contributed by atoms with E-state index in [0.717, 1.165) is 35.6 Å². The summed E-state index contributed by atoms with van der Waals surface area (Å²) < 4.78 is 20.5. The van der Waals surface area contributed by atoms with E-state index in [0.29, 0.717) is 24.5 Å². The molecule has 24 heavy (non-hydrogen) atoms. The van der Waals surface area contributed by atoms with Crippen molar-refractivity contribution < 1.29 is 8.62 Å². The molecule has 0 spiro atoms. The molecule has 8 heteroatoms. The van der Waals surface area contributed by atoms with Crippen molar-refractivity contribution in [2.45, 2.75) is 0 Å². The van der Waals surface area contributed by atoms with Crippen LogP contribution in [0.5, 0.6) is 0 Å². The molecule has 0 bridgehead atoms. The highest BCUT2D eigenvalue weighted by molar-refractivity contribution is 7.93. The van der Waals surface area contributed by atoms with Gasteiger partial charge in [-0.25, -0.2) is 13.9 Å². The van der Waals surface area contributed by atoms with Crippen molar-refractivity contribution >= 4 is 34.9 Å². The van der Waals surface area contributed by atoms with E-state index in [-0.39, 0.29) is 12.3 Å². The summed E-state index contributed by atoms with van der Waals surface area (Å²) in [6.45, 7) is 2.85. The minimum atomic E-state index is 0.138. The first kappa shape index (κ1) is 15.2. The molecule has 1 saturated heterocycles.